The molecule has 3 nitrogen and oxygen atoms in total. The van der Waals surface area contributed by atoms with Gasteiger partial charge in [-0.25, -0.2) is 0 Å². The Balaban J connectivity index is 2.05. The molecule has 0 bridgehead atoms. The number of hydrogen-bond donors (Lipinski definition) is 2. The standard InChI is InChI=1S/C8H15NO2/c1-6(8(10)11)9-5-7-3-2-4-7/h6-7,9H,2-5H2,1H3,(H,10,11)/t6-/m0/s1. The number of carboxylic acids is 1. The van der Waals surface area contributed by atoms with Crippen LogP contribution in [0.25, 0.3) is 0 Å². The van der Waals surface area contributed by atoms with Gasteiger partial charge in [0.05, 0.1) is 0 Å². The normalized spacial score (nSPS) is 20.8. The van der Waals surface area contributed by atoms with Gasteiger partial charge in [-0.1, -0.05) is 6.42 Å². The lowest BCUT2D eigenvalue weighted by Gasteiger charge is -2.26. The fourth-order valence-electron chi connectivity index (χ4n) is 1.13. The van der Waals surface area contributed by atoms with Gasteiger partial charge in [0.15, 0.2) is 0 Å². The molecule has 0 amide bonds. The molecule has 0 unspecified atom stereocenters. The Bertz CT molecular complexity index is 143. The third kappa shape index (κ3) is 2.50. The molecular formula is C8H15NO2. The summed E-state index contributed by atoms with van der Waals surface area (Å²) >= 11 is 0. The number of carboxylic acid groups (broad SMARTS) is 1. The molecule has 1 saturated carbocycles. The fourth-order valence-corrected chi connectivity index (χ4v) is 1.13. The summed E-state index contributed by atoms with van der Waals surface area (Å²) in [6, 6.07) is -0.393. The maximum Gasteiger partial charge on any atom is 0.320 e. The Hall–Kier alpha value is -0.570. The van der Waals surface area contributed by atoms with Crippen molar-refractivity contribution in [2.75, 3.05) is 6.54 Å². The third-order valence-electron chi connectivity index (χ3n) is 2.31. The van der Waals surface area contributed by atoms with Crippen LogP contribution >= 0.6 is 0 Å². The van der Waals surface area contributed by atoms with E-state index in [9.17, 15) is 4.79 Å². The smallest absolute Gasteiger partial charge is 0.320 e. The van der Waals surface area contributed by atoms with Crippen LogP contribution in [0.5, 0.6) is 0 Å². The number of rotatable bonds is 4. The van der Waals surface area contributed by atoms with Crippen LogP contribution < -0.4 is 5.32 Å². The molecule has 3 heteroatoms. The third-order valence-corrected chi connectivity index (χ3v) is 2.31. The van der Waals surface area contributed by atoms with Gasteiger partial charge in [-0.15, -0.1) is 0 Å². The zero-order valence-electron chi connectivity index (χ0n) is 6.84. The van der Waals surface area contributed by atoms with Gasteiger partial charge < -0.3 is 10.4 Å². The molecule has 0 spiro atoms. The second kappa shape index (κ2) is 3.72. The molecule has 0 aliphatic heterocycles. The quantitative estimate of drug-likeness (QED) is 0.636. The predicted octanol–water partition coefficient (Wildman–Crippen LogP) is 0.849. The molecular weight excluding hydrogens is 142 g/mol. The largest absolute Gasteiger partial charge is 0.480 e. The van der Waals surface area contributed by atoms with Gasteiger partial charge in [0.2, 0.25) is 0 Å². The van der Waals surface area contributed by atoms with Crippen molar-refractivity contribution >= 4 is 5.97 Å². The van der Waals surface area contributed by atoms with Crippen LogP contribution in [-0.2, 0) is 4.79 Å². The fraction of sp³-hybridized carbons (Fsp3) is 0.875. The van der Waals surface area contributed by atoms with Crippen molar-refractivity contribution in [3.63, 3.8) is 0 Å². The zero-order chi connectivity index (χ0) is 8.27. The first-order valence-corrected chi connectivity index (χ1v) is 4.16. The maximum absolute atomic E-state index is 10.4. The summed E-state index contributed by atoms with van der Waals surface area (Å²) in [6.45, 7) is 2.55. The Morgan fingerprint density at radius 2 is 2.36 bits per heavy atom. The van der Waals surface area contributed by atoms with Crippen LogP contribution in [0.3, 0.4) is 0 Å². The number of hydrogen-bond acceptors (Lipinski definition) is 2. The number of carbonyl (C=O) groups is 1. The highest BCUT2D eigenvalue weighted by Gasteiger charge is 2.19. The van der Waals surface area contributed by atoms with E-state index in [1.54, 1.807) is 6.92 Å². The molecule has 1 rings (SSSR count). The molecule has 0 aromatic carbocycles. The van der Waals surface area contributed by atoms with Crippen LogP contribution in [0, 0.1) is 5.92 Å². The van der Waals surface area contributed by atoms with E-state index in [0.29, 0.717) is 0 Å². The lowest BCUT2D eigenvalue weighted by Crippen LogP contribution is -2.38. The number of nitrogens with one attached hydrogen (secondary N) is 1. The average Bonchev–Trinajstić information content (AvgIpc) is 1.83. The van der Waals surface area contributed by atoms with Gasteiger partial charge in [0.25, 0.3) is 0 Å². The van der Waals surface area contributed by atoms with E-state index in [-0.39, 0.29) is 0 Å². The highest BCUT2D eigenvalue weighted by atomic mass is 16.4. The second-order valence-corrected chi connectivity index (χ2v) is 3.27. The molecule has 0 aromatic rings. The van der Waals surface area contributed by atoms with Crippen LogP contribution in [0.15, 0.2) is 0 Å². The molecule has 0 aromatic heterocycles. The number of aliphatic carboxylic acids is 1. The lowest BCUT2D eigenvalue weighted by atomic mass is 9.85. The molecule has 1 aliphatic rings. The van der Waals surface area contributed by atoms with Crippen LogP contribution in [0.4, 0.5) is 0 Å². The topological polar surface area (TPSA) is 49.3 Å². The van der Waals surface area contributed by atoms with Crippen LogP contribution in [0.1, 0.15) is 26.2 Å². The van der Waals surface area contributed by atoms with Gasteiger partial charge in [-0.05, 0) is 32.2 Å². The SMILES string of the molecule is C[C@H](NCC1CCC1)C(=O)O. The first kappa shape index (κ1) is 8.53. The zero-order valence-corrected chi connectivity index (χ0v) is 6.84. The summed E-state index contributed by atoms with van der Waals surface area (Å²) in [5.74, 6) is -0.0267. The summed E-state index contributed by atoms with van der Waals surface area (Å²) in [5, 5.41) is 11.5. The minimum Gasteiger partial charge on any atom is -0.480 e. The molecule has 1 aliphatic carbocycles. The van der Waals surface area contributed by atoms with Crippen molar-refractivity contribution in [2.45, 2.75) is 32.2 Å². The van der Waals surface area contributed by atoms with Gasteiger partial charge in [0.1, 0.15) is 6.04 Å². The molecule has 2 N–H and O–H groups in total. The molecule has 64 valence electrons. The van der Waals surface area contributed by atoms with Crippen LogP contribution in [-0.4, -0.2) is 23.7 Å². The van der Waals surface area contributed by atoms with E-state index in [1.165, 1.54) is 19.3 Å². The summed E-state index contributed by atoms with van der Waals surface area (Å²) in [7, 11) is 0. The molecule has 1 atom stereocenters. The minimum absolute atomic E-state index is 0.393. The molecule has 0 heterocycles. The predicted molar refractivity (Wildman–Crippen MR) is 42.4 cm³/mol. The summed E-state index contributed by atoms with van der Waals surface area (Å²) in [6.07, 6.45) is 3.84. The molecule has 0 saturated heterocycles. The Morgan fingerprint density at radius 3 is 2.73 bits per heavy atom. The molecule has 1 fully saturated rings. The van der Waals surface area contributed by atoms with Crippen molar-refractivity contribution in [3.05, 3.63) is 0 Å². The average molecular weight is 157 g/mol. The Kier molecular flexibility index (Phi) is 2.88. The first-order chi connectivity index (χ1) is 5.20. The lowest BCUT2D eigenvalue weighted by molar-refractivity contribution is -0.139. The highest BCUT2D eigenvalue weighted by Crippen LogP contribution is 2.25. The van der Waals surface area contributed by atoms with Gasteiger partial charge in [-0.2, -0.15) is 0 Å². The Labute approximate surface area is 66.8 Å². The van der Waals surface area contributed by atoms with Crippen molar-refractivity contribution in [1.82, 2.24) is 5.32 Å². The van der Waals surface area contributed by atoms with E-state index in [4.69, 9.17) is 5.11 Å². The molecule has 11 heavy (non-hydrogen) atoms. The van der Waals surface area contributed by atoms with E-state index in [0.717, 1.165) is 12.5 Å². The van der Waals surface area contributed by atoms with Crippen molar-refractivity contribution in [3.8, 4) is 0 Å². The second-order valence-electron chi connectivity index (χ2n) is 3.27. The molecule has 0 radical (unpaired) electrons. The monoisotopic (exact) mass is 157 g/mol. The minimum atomic E-state index is -0.760. The summed E-state index contributed by atoms with van der Waals surface area (Å²) in [4.78, 5) is 10.4. The summed E-state index contributed by atoms with van der Waals surface area (Å²) < 4.78 is 0. The van der Waals surface area contributed by atoms with Crippen molar-refractivity contribution < 1.29 is 9.90 Å². The van der Waals surface area contributed by atoms with Crippen molar-refractivity contribution in [2.24, 2.45) is 5.92 Å². The van der Waals surface area contributed by atoms with E-state index >= 15 is 0 Å². The maximum atomic E-state index is 10.4. The highest BCUT2D eigenvalue weighted by molar-refractivity contribution is 5.72. The van der Waals surface area contributed by atoms with Gasteiger partial charge in [0, 0.05) is 0 Å². The van der Waals surface area contributed by atoms with E-state index in [1.807, 2.05) is 0 Å². The van der Waals surface area contributed by atoms with E-state index in [2.05, 4.69) is 5.32 Å². The van der Waals surface area contributed by atoms with Gasteiger partial charge in [-0.3, -0.25) is 4.79 Å². The first-order valence-electron chi connectivity index (χ1n) is 4.16. The van der Waals surface area contributed by atoms with E-state index < -0.39 is 12.0 Å². The van der Waals surface area contributed by atoms with Gasteiger partial charge >= 0.3 is 5.97 Å². The Morgan fingerprint density at radius 1 is 1.73 bits per heavy atom. The summed E-state index contributed by atoms with van der Waals surface area (Å²) in [5.41, 5.74) is 0. The van der Waals surface area contributed by atoms with Crippen molar-refractivity contribution in [1.29, 1.82) is 0 Å². The van der Waals surface area contributed by atoms with Crippen LogP contribution in [0.2, 0.25) is 0 Å².